The number of hydrogen-bond acceptors (Lipinski definition) is 3. The largest absolute Gasteiger partial charge is 0.507 e. The van der Waals surface area contributed by atoms with Gasteiger partial charge in [-0.05, 0) is 0 Å². The van der Waals surface area contributed by atoms with Crippen molar-refractivity contribution in [2.45, 2.75) is 6.04 Å². The Morgan fingerprint density at radius 3 is 2.67 bits per heavy atom. The SMILES string of the molecule is Oc1cc(F)cc(F)c1[C@H]1CNCCN1. The number of piperazine rings is 1. The molecule has 15 heavy (non-hydrogen) atoms. The summed E-state index contributed by atoms with van der Waals surface area (Å²) in [5.74, 6) is -1.82. The molecule has 3 nitrogen and oxygen atoms in total. The molecule has 1 saturated heterocycles. The topological polar surface area (TPSA) is 44.3 Å². The zero-order chi connectivity index (χ0) is 10.8. The van der Waals surface area contributed by atoms with Gasteiger partial charge in [-0.15, -0.1) is 0 Å². The first-order chi connectivity index (χ1) is 7.18. The molecule has 82 valence electrons. The summed E-state index contributed by atoms with van der Waals surface area (Å²) in [5.41, 5.74) is 0.128. The third kappa shape index (κ3) is 2.08. The molecule has 1 aliphatic heterocycles. The van der Waals surface area contributed by atoms with Crippen molar-refractivity contribution in [3.05, 3.63) is 29.3 Å². The average molecular weight is 214 g/mol. The zero-order valence-corrected chi connectivity index (χ0v) is 8.06. The van der Waals surface area contributed by atoms with E-state index in [1.165, 1.54) is 0 Å². The van der Waals surface area contributed by atoms with E-state index in [1.807, 2.05) is 0 Å². The third-order valence-electron chi connectivity index (χ3n) is 2.46. The molecule has 0 aromatic heterocycles. The molecule has 1 aliphatic rings. The summed E-state index contributed by atoms with van der Waals surface area (Å²) in [6.07, 6.45) is 0. The smallest absolute Gasteiger partial charge is 0.134 e. The second-order valence-corrected chi connectivity index (χ2v) is 3.53. The van der Waals surface area contributed by atoms with Crippen LogP contribution in [0.4, 0.5) is 8.78 Å². The maximum Gasteiger partial charge on any atom is 0.134 e. The lowest BCUT2D eigenvalue weighted by molar-refractivity contribution is 0.386. The summed E-state index contributed by atoms with van der Waals surface area (Å²) in [6.45, 7) is 2.02. The summed E-state index contributed by atoms with van der Waals surface area (Å²) < 4.78 is 26.2. The molecule has 1 fully saturated rings. The Balaban J connectivity index is 2.33. The van der Waals surface area contributed by atoms with E-state index in [0.717, 1.165) is 18.7 Å². The van der Waals surface area contributed by atoms with Crippen LogP contribution in [0.15, 0.2) is 12.1 Å². The van der Waals surface area contributed by atoms with Crippen LogP contribution in [0.3, 0.4) is 0 Å². The summed E-state index contributed by atoms with van der Waals surface area (Å²) in [5, 5.41) is 15.6. The molecule has 1 aromatic carbocycles. The van der Waals surface area contributed by atoms with E-state index in [0.29, 0.717) is 13.1 Å². The highest BCUT2D eigenvalue weighted by Crippen LogP contribution is 2.28. The molecular weight excluding hydrogens is 202 g/mol. The van der Waals surface area contributed by atoms with Gasteiger partial charge in [0.1, 0.15) is 17.4 Å². The van der Waals surface area contributed by atoms with Gasteiger partial charge in [-0.3, -0.25) is 0 Å². The number of aromatic hydroxyl groups is 1. The quantitative estimate of drug-likeness (QED) is 0.651. The minimum atomic E-state index is -0.766. The predicted molar refractivity (Wildman–Crippen MR) is 51.6 cm³/mol. The Bertz CT molecular complexity index is 341. The van der Waals surface area contributed by atoms with E-state index in [4.69, 9.17) is 0 Å². The van der Waals surface area contributed by atoms with Gasteiger partial charge < -0.3 is 15.7 Å². The molecule has 0 aliphatic carbocycles. The molecule has 0 unspecified atom stereocenters. The number of phenolic OH excluding ortho intramolecular Hbond substituents is 1. The van der Waals surface area contributed by atoms with Gasteiger partial charge in [-0.1, -0.05) is 0 Å². The lowest BCUT2D eigenvalue weighted by Gasteiger charge is -2.25. The highest BCUT2D eigenvalue weighted by Gasteiger charge is 2.22. The van der Waals surface area contributed by atoms with E-state index >= 15 is 0 Å². The van der Waals surface area contributed by atoms with Crippen LogP contribution < -0.4 is 10.6 Å². The van der Waals surface area contributed by atoms with Crippen LogP contribution in [0, 0.1) is 11.6 Å². The van der Waals surface area contributed by atoms with Gasteiger partial charge in [0.25, 0.3) is 0 Å². The monoisotopic (exact) mass is 214 g/mol. The fourth-order valence-electron chi connectivity index (χ4n) is 1.77. The van der Waals surface area contributed by atoms with Crippen LogP contribution in [0.1, 0.15) is 11.6 Å². The zero-order valence-electron chi connectivity index (χ0n) is 8.06. The molecular formula is C10H12F2N2O. The molecule has 0 radical (unpaired) electrons. The van der Waals surface area contributed by atoms with Gasteiger partial charge in [0.15, 0.2) is 0 Å². The Hall–Kier alpha value is -1.20. The van der Waals surface area contributed by atoms with Crippen molar-refractivity contribution in [1.82, 2.24) is 10.6 Å². The molecule has 2 rings (SSSR count). The van der Waals surface area contributed by atoms with Gasteiger partial charge in [-0.2, -0.15) is 0 Å². The van der Waals surface area contributed by atoms with Crippen molar-refractivity contribution in [1.29, 1.82) is 0 Å². The van der Waals surface area contributed by atoms with E-state index in [9.17, 15) is 13.9 Å². The predicted octanol–water partition coefficient (Wildman–Crippen LogP) is 0.904. The summed E-state index contributed by atoms with van der Waals surface area (Å²) in [6, 6.07) is 1.40. The number of halogens is 2. The standard InChI is InChI=1S/C10H12F2N2O/c11-6-3-7(12)10(9(15)4-6)8-5-13-1-2-14-8/h3-4,8,13-15H,1-2,5H2/t8-/m1/s1. The third-order valence-corrected chi connectivity index (χ3v) is 2.46. The second kappa shape index (κ2) is 4.12. The summed E-state index contributed by atoms with van der Waals surface area (Å²) in [7, 11) is 0. The summed E-state index contributed by atoms with van der Waals surface area (Å²) in [4.78, 5) is 0. The van der Waals surface area contributed by atoms with Crippen LogP contribution in [-0.4, -0.2) is 24.7 Å². The Morgan fingerprint density at radius 1 is 1.27 bits per heavy atom. The number of nitrogens with one attached hydrogen (secondary N) is 2. The van der Waals surface area contributed by atoms with Crippen LogP contribution in [0.2, 0.25) is 0 Å². The molecule has 1 atom stereocenters. The van der Waals surface area contributed by atoms with Gasteiger partial charge in [0.05, 0.1) is 6.04 Å². The van der Waals surface area contributed by atoms with Gasteiger partial charge in [0, 0.05) is 37.3 Å². The van der Waals surface area contributed by atoms with Crippen molar-refractivity contribution in [3.8, 4) is 5.75 Å². The van der Waals surface area contributed by atoms with Crippen molar-refractivity contribution < 1.29 is 13.9 Å². The Morgan fingerprint density at radius 2 is 2.07 bits per heavy atom. The van der Waals surface area contributed by atoms with Crippen LogP contribution in [0.5, 0.6) is 5.75 Å². The molecule has 1 aromatic rings. The second-order valence-electron chi connectivity index (χ2n) is 3.53. The van der Waals surface area contributed by atoms with E-state index in [-0.39, 0.29) is 17.4 Å². The molecule has 5 heteroatoms. The van der Waals surface area contributed by atoms with Crippen molar-refractivity contribution >= 4 is 0 Å². The first-order valence-electron chi connectivity index (χ1n) is 4.80. The highest BCUT2D eigenvalue weighted by molar-refractivity contribution is 5.37. The van der Waals surface area contributed by atoms with Crippen LogP contribution >= 0.6 is 0 Å². The first-order valence-corrected chi connectivity index (χ1v) is 4.80. The van der Waals surface area contributed by atoms with E-state index < -0.39 is 11.6 Å². The fourth-order valence-corrected chi connectivity index (χ4v) is 1.77. The summed E-state index contributed by atoms with van der Waals surface area (Å²) >= 11 is 0. The van der Waals surface area contributed by atoms with Gasteiger partial charge >= 0.3 is 0 Å². The Kier molecular flexibility index (Phi) is 2.83. The average Bonchev–Trinajstić information content (AvgIpc) is 2.17. The highest BCUT2D eigenvalue weighted by atomic mass is 19.1. The molecule has 0 spiro atoms. The molecule has 0 bridgehead atoms. The van der Waals surface area contributed by atoms with Crippen LogP contribution in [0.25, 0.3) is 0 Å². The van der Waals surface area contributed by atoms with Crippen LogP contribution in [-0.2, 0) is 0 Å². The minimum absolute atomic E-state index is 0.128. The maximum absolute atomic E-state index is 13.4. The molecule has 1 heterocycles. The first kappa shape index (κ1) is 10.3. The van der Waals surface area contributed by atoms with Gasteiger partial charge in [0.2, 0.25) is 0 Å². The maximum atomic E-state index is 13.4. The van der Waals surface area contributed by atoms with E-state index in [1.54, 1.807) is 0 Å². The molecule has 0 saturated carbocycles. The van der Waals surface area contributed by atoms with Gasteiger partial charge in [-0.25, -0.2) is 8.78 Å². The Labute approximate surface area is 86.1 Å². The lowest BCUT2D eigenvalue weighted by atomic mass is 10.0. The van der Waals surface area contributed by atoms with Crippen molar-refractivity contribution in [3.63, 3.8) is 0 Å². The van der Waals surface area contributed by atoms with E-state index in [2.05, 4.69) is 10.6 Å². The van der Waals surface area contributed by atoms with Crippen molar-refractivity contribution in [2.75, 3.05) is 19.6 Å². The fraction of sp³-hybridized carbons (Fsp3) is 0.400. The van der Waals surface area contributed by atoms with Crippen molar-refractivity contribution in [2.24, 2.45) is 0 Å². The number of phenols is 1. The number of benzene rings is 1. The lowest BCUT2D eigenvalue weighted by Crippen LogP contribution is -2.43. The molecule has 0 amide bonds. The number of hydrogen-bond donors (Lipinski definition) is 3. The minimum Gasteiger partial charge on any atom is -0.507 e. The number of rotatable bonds is 1. The normalized spacial score (nSPS) is 21.6. The molecule has 3 N–H and O–H groups in total.